The lowest BCUT2D eigenvalue weighted by Crippen LogP contribution is -1.89. The summed E-state index contributed by atoms with van der Waals surface area (Å²) in [5.74, 6) is 0. The number of anilines is 2. The molecule has 1 N–H and O–H groups in total. The van der Waals surface area contributed by atoms with Crippen LogP contribution in [-0.2, 0) is 0 Å². The first kappa shape index (κ1) is 16.7. The normalized spacial score (nSPS) is 10.9. The third-order valence-corrected chi connectivity index (χ3v) is 5.73. The van der Waals surface area contributed by atoms with E-state index in [0.29, 0.717) is 0 Å². The van der Waals surface area contributed by atoms with Gasteiger partial charge in [-0.2, -0.15) is 0 Å². The SMILES string of the molecule is c1ccc(-c2nc(Nc3ccc4ccccc4c3)sc2-c2ccccc2)cc1. The molecule has 1 aromatic heterocycles. The number of benzene rings is 4. The Hall–Kier alpha value is -3.43. The van der Waals surface area contributed by atoms with E-state index in [2.05, 4.69) is 96.3 Å². The minimum Gasteiger partial charge on any atom is -0.332 e. The predicted molar refractivity (Wildman–Crippen MR) is 120 cm³/mol. The molecule has 5 rings (SSSR count). The van der Waals surface area contributed by atoms with Crippen LogP contribution >= 0.6 is 11.3 Å². The number of nitrogens with one attached hydrogen (secondary N) is 1. The van der Waals surface area contributed by atoms with E-state index in [0.717, 1.165) is 22.1 Å². The van der Waals surface area contributed by atoms with Gasteiger partial charge in [-0.15, -0.1) is 0 Å². The number of aromatic nitrogens is 1. The quantitative estimate of drug-likeness (QED) is 0.353. The molecule has 0 unspecified atom stereocenters. The van der Waals surface area contributed by atoms with Gasteiger partial charge in [-0.25, -0.2) is 4.98 Å². The van der Waals surface area contributed by atoms with E-state index in [4.69, 9.17) is 4.98 Å². The molecule has 0 saturated carbocycles. The lowest BCUT2D eigenvalue weighted by atomic mass is 10.1. The fourth-order valence-corrected chi connectivity index (χ4v) is 4.35. The van der Waals surface area contributed by atoms with E-state index >= 15 is 0 Å². The summed E-state index contributed by atoms with van der Waals surface area (Å²) in [6, 6.07) is 35.6. The summed E-state index contributed by atoms with van der Waals surface area (Å²) in [4.78, 5) is 6.12. The summed E-state index contributed by atoms with van der Waals surface area (Å²) in [5, 5.41) is 6.86. The Labute approximate surface area is 168 Å². The van der Waals surface area contributed by atoms with Crippen LogP contribution < -0.4 is 5.32 Å². The molecule has 0 amide bonds. The zero-order chi connectivity index (χ0) is 18.8. The molecule has 1 heterocycles. The molecule has 5 aromatic rings. The van der Waals surface area contributed by atoms with E-state index < -0.39 is 0 Å². The van der Waals surface area contributed by atoms with Crippen LogP contribution in [0, 0.1) is 0 Å². The van der Waals surface area contributed by atoms with Gasteiger partial charge in [-0.3, -0.25) is 0 Å². The molecule has 0 fully saturated rings. The Morgan fingerprint density at radius 3 is 2.00 bits per heavy atom. The molecule has 0 radical (unpaired) electrons. The molecule has 0 aliphatic rings. The van der Waals surface area contributed by atoms with Crippen molar-refractivity contribution in [1.29, 1.82) is 0 Å². The maximum Gasteiger partial charge on any atom is 0.188 e. The van der Waals surface area contributed by atoms with Crippen molar-refractivity contribution in [2.24, 2.45) is 0 Å². The number of nitrogens with zero attached hydrogens (tertiary/aromatic N) is 1. The van der Waals surface area contributed by atoms with Crippen LogP contribution in [0.4, 0.5) is 10.8 Å². The molecule has 0 aliphatic heterocycles. The Balaban J connectivity index is 1.57. The van der Waals surface area contributed by atoms with Gasteiger partial charge >= 0.3 is 0 Å². The van der Waals surface area contributed by atoms with Gasteiger partial charge < -0.3 is 5.32 Å². The van der Waals surface area contributed by atoms with Crippen molar-refractivity contribution in [2.75, 3.05) is 5.32 Å². The molecule has 134 valence electrons. The zero-order valence-electron chi connectivity index (χ0n) is 15.2. The Morgan fingerprint density at radius 2 is 1.25 bits per heavy atom. The zero-order valence-corrected chi connectivity index (χ0v) is 16.0. The first-order valence-electron chi connectivity index (χ1n) is 9.24. The predicted octanol–water partition coefficient (Wildman–Crippen LogP) is 7.37. The van der Waals surface area contributed by atoms with E-state index in [1.165, 1.54) is 21.2 Å². The maximum absolute atomic E-state index is 4.94. The summed E-state index contributed by atoms with van der Waals surface area (Å²) >= 11 is 1.69. The molecule has 28 heavy (non-hydrogen) atoms. The smallest absolute Gasteiger partial charge is 0.188 e. The van der Waals surface area contributed by atoms with Crippen LogP contribution in [0.25, 0.3) is 32.5 Å². The molecule has 0 aliphatic carbocycles. The van der Waals surface area contributed by atoms with E-state index in [1.807, 2.05) is 12.1 Å². The molecule has 0 saturated heterocycles. The van der Waals surface area contributed by atoms with Gasteiger partial charge in [-0.1, -0.05) is 102 Å². The summed E-state index contributed by atoms with van der Waals surface area (Å²) in [5.41, 5.74) is 4.38. The third-order valence-electron chi connectivity index (χ3n) is 4.71. The highest BCUT2D eigenvalue weighted by atomic mass is 32.1. The fourth-order valence-electron chi connectivity index (χ4n) is 3.34. The molecule has 3 heteroatoms. The average Bonchev–Trinajstić information content (AvgIpc) is 3.19. The Kier molecular flexibility index (Phi) is 4.36. The van der Waals surface area contributed by atoms with Gasteiger partial charge in [0.15, 0.2) is 5.13 Å². The monoisotopic (exact) mass is 378 g/mol. The minimum absolute atomic E-state index is 0.896. The number of rotatable bonds is 4. The molecular formula is C25H18N2S. The molecule has 0 atom stereocenters. The second kappa shape index (κ2) is 7.29. The Bertz CT molecular complexity index is 1170. The summed E-state index contributed by atoms with van der Waals surface area (Å²) in [6.45, 7) is 0. The molecule has 0 bridgehead atoms. The molecule has 0 spiro atoms. The van der Waals surface area contributed by atoms with E-state index in [-0.39, 0.29) is 0 Å². The number of fused-ring (bicyclic) bond motifs is 1. The van der Waals surface area contributed by atoms with Crippen molar-refractivity contribution in [3.8, 4) is 21.7 Å². The highest BCUT2D eigenvalue weighted by Gasteiger charge is 2.15. The molecule has 2 nitrogen and oxygen atoms in total. The van der Waals surface area contributed by atoms with Crippen LogP contribution in [-0.4, -0.2) is 4.98 Å². The van der Waals surface area contributed by atoms with Crippen molar-refractivity contribution in [3.63, 3.8) is 0 Å². The fraction of sp³-hybridized carbons (Fsp3) is 0. The minimum atomic E-state index is 0.896. The number of hydrogen-bond donors (Lipinski definition) is 1. The maximum atomic E-state index is 4.94. The molecular weight excluding hydrogens is 360 g/mol. The third kappa shape index (κ3) is 3.28. The van der Waals surface area contributed by atoms with Gasteiger partial charge in [0, 0.05) is 11.3 Å². The van der Waals surface area contributed by atoms with Crippen LogP contribution in [0.1, 0.15) is 0 Å². The lowest BCUT2D eigenvalue weighted by Gasteiger charge is -2.04. The summed E-state index contributed by atoms with van der Waals surface area (Å²) in [6.07, 6.45) is 0. The van der Waals surface area contributed by atoms with Crippen LogP contribution in [0.5, 0.6) is 0 Å². The van der Waals surface area contributed by atoms with Gasteiger partial charge in [0.25, 0.3) is 0 Å². The summed E-state index contributed by atoms with van der Waals surface area (Å²) < 4.78 is 0. The van der Waals surface area contributed by atoms with Crippen molar-refractivity contribution in [2.45, 2.75) is 0 Å². The van der Waals surface area contributed by atoms with Crippen LogP contribution in [0.2, 0.25) is 0 Å². The standard InChI is InChI=1S/C25H18N2S/c1-3-10-19(11-4-1)23-24(20-12-5-2-6-13-20)28-25(27-23)26-22-16-15-18-9-7-8-14-21(18)17-22/h1-17H,(H,26,27). The Morgan fingerprint density at radius 1 is 0.607 bits per heavy atom. The van der Waals surface area contributed by atoms with Crippen molar-refractivity contribution >= 4 is 32.9 Å². The van der Waals surface area contributed by atoms with E-state index in [1.54, 1.807) is 11.3 Å². The van der Waals surface area contributed by atoms with Crippen LogP contribution in [0.15, 0.2) is 103 Å². The lowest BCUT2D eigenvalue weighted by molar-refractivity contribution is 1.38. The largest absolute Gasteiger partial charge is 0.332 e. The van der Waals surface area contributed by atoms with Crippen molar-refractivity contribution in [3.05, 3.63) is 103 Å². The highest BCUT2D eigenvalue weighted by Crippen LogP contribution is 2.39. The molecule has 4 aromatic carbocycles. The average molecular weight is 379 g/mol. The second-order valence-corrected chi connectivity index (χ2v) is 7.61. The van der Waals surface area contributed by atoms with E-state index in [9.17, 15) is 0 Å². The van der Waals surface area contributed by atoms with Crippen LogP contribution in [0.3, 0.4) is 0 Å². The van der Waals surface area contributed by atoms with Gasteiger partial charge in [0.2, 0.25) is 0 Å². The number of hydrogen-bond acceptors (Lipinski definition) is 3. The van der Waals surface area contributed by atoms with Crippen molar-refractivity contribution in [1.82, 2.24) is 4.98 Å². The van der Waals surface area contributed by atoms with Crippen molar-refractivity contribution < 1.29 is 0 Å². The van der Waals surface area contributed by atoms with Gasteiger partial charge in [-0.05, 0) is 28.5 Å². The summed E-state index contributed by atoms with van der Waals surface area (Å²) in [7, 11) is 0. The topological polar surface area (TPSA) is 24.9 Å². The highest BCUT2D eigenvalue weighted by molar-refractivity contribution is 7.19. The second-order valence-electron chi connectivity index (χ2n) is 6.62. The first-order chi connectivity index (χ1) is 13.9. The number of thiazole rings is 1. The van der Waals surface area contributed by atoms with Gasteiger partial charge in [0.1, 0.15) is 0 Å². The van der Waals surface area contributed by atoms with Gasteiger partial charge in [0.05, 0.1) is 10.6 Å². The first-order valence-corrected chi connectivity index (χ1v) is 10.1.